The maximum Gasteiger partial charge on any atom is 0.251 e. The highest BCUT2D eigenvalue weighted by atomic mass is 32.2. The van der Waals surface area contributed by atoms with Crippen molar-refractivity contribution >= 4 is 21.6 Å². The molecule has 0 radical (unpaired) electrons. The van der Waals surface area contributed by atoms with Crippen molar-refractivity contribution < 1.29 is 22.7 Å². The van der Waals surface area contributed by atoms with Gasteiger partial charge >= 0.3 is 0 Å². The molecule has 2 aliphatic rings. The Labute approximate surface area is 183 Å². The molecule has 1 heterocycles. The minimum atomic E-state index is -3.83. The summed E-state index contributed by atoms with van der Waals surface area (Å²) in [5.41, 5.74) is 0.532. The van der Waals surface area contributed by atoms with E-state index in [0.29, 0.717) is 17.2 Å². The van der Waals surface area contributed by atoms with Gasteiger partial charge in [0.05, 0.1) is 4.90 Å². The molecule has 0 unspecified atom stereocenters. The molecule has 0 aromatic heterocycles. The van der Waals surface area contributed by atoms with Crippen molar-refractivity contribution in [2.45, 2.75) is 62.7 Å². The van der Waals surface area contributed by atoms with Gasteiger partial charge in [0.1, 0.15) is 6.04 Å². The van der Waals surface area contributed by atoms with Crippen LogP contribution >= 0.6 is 0 Å². The Kier molecular flexibility index (Phi) is 5.94. The third-order valence-electron chi connectivity index (χ3n) is 5.70. The first-order chi connectivity index (χ1) is 14.8. The van der Waals surface area contributed by atoms with Crippen LogP contribution in [0.25, 0.3) is 0 Å². The van der Waals surface area contributed by atoms with Crippen LogP contribution in [0.1, 0.15) is 46.0 Å². The van der Waals surface area contributed by atoms with Gasteiger partial charge in [0.25, 0.3) is 5.79 Å². The molecule has 8 heteroatoms. The van der Waals surface area contributed by atoms with Crippen LogP contribution in [-0.2, 0) is 14.8 Å². The lowest BCUT2D eigenvalue weighted by Gasteiger charge is -2.31. The fraction of sp³-hybridized carbons (Fsp3) is 0.435. The van der Waals surface area contributed by atoms with Gasteiger partial charge in [0.15, 0.2) is 11.5 Å². The normalized spacial score (nSPS) is 18.2. The molecule has 2 aromatic rings. The van der Waals surface area contributed by atoms with Crippen LogP contribution in [0.2, 0.25) is 0 Å². The van der Waals surface area contributed by atoms with Crippen molar-refractivity contribution in [1.82, 2.24) is 4.72 Å². The fourth-order valence-electron chi connectivity index (χ4n) is 4.01. The number of fused-ring (bicyclic) bond motifs is 1. The van der Waals surface area contributed by atoms with Crippen LogP contribution in [0, 0.1) is 5.92 Å². The molecule has 1 fully saturated rings. The summed E-state index contributed by atoms with van der Waals surface area (Å²) >= 11 is 0. The highest BCUT2D eigenvalue weighted by molar-refractivity contribution is 7.89. The summed E-state index contributed by atoms with van der Waals surface area (Å²) in [4.78, 5) is 13.1. The smallest absolute Gasteiger partial charge is 0.251 e. The van der Waals surface area contributed by atoms with E-state index in [2.05, 4.69) is 10.0 Å². The van der Waals surface area contributed by atoms with Crippen molar-refractivity contribution in [2.75, 3.05) is 5.32 Å². The van der Waals surface area contributed by atoms with Crippen LogP contribution in [0.4, 0.5) is 5.69 Å². The van der Waals surface area contributed by atoms with Crippen LogP contribution in [0.15, 0.2) is 53.4 Å². The van der Waals surface area contributed by atoms with E-state index in [1.165, 1.54) is 18.6 Å². The Morgan fingerprint density at radius 3 is 2.32 bits per heavy atom. The number of hydrogen-bond donors (Lipinski definition) is 2. The molecular formula is C23H28N2O5S. The zero-order valence-corrected chi connectivity index (χ0v) is 18.6. The van der Waals surface area contributed by atoms with Crippen LogP contribution in [0.3, 0.4) is 0 Å². The fourth-order valence-corrected chi connectivity index (χ4v) is 5.38. The Bertz CT molecular complexity index is 1050. The first-order valence-corrected chi connectivity index (χ1v) is 12.2. The molecule has 0 saturated heterocycles. The predicted octanol–water partition coefficient (Wildman–Crippen LogP) is 4.06. The third kappa shape index (κ3) is 4.70. The number of sulfonamides is 1. The molecule has 1 atom stereocenters. The second-order valence-corrected chi connectivity index (χ2v) is 10.2. The van der Waals surface area contributed by atoms with Gasteiger partial charge in [0, 0.05) is 24.6 Å². The summed E-state index contributed by atoms with van der Waals surface area (Å²) in [5, 5.41) is 2.82. The summed E-state index contributed by atoms with van der Waals surface area (Å²) in [7, 11) is -3.83. The number of hydrogen-bond acceptors (Lipinski definition) is 5. The Hall–Kier alpha value is -2.58. The topological polar surface area (TPSA) is 93.7 Å². The molecule has 166 valence electrons. The average molecular weight is 445 g/mol. The summed E-state index contributed by atoms with van der Waals surface area (Å²) in [5.74, 6) is 0.00385. The number of ether oxygens (including phenoxy) is 2. The third-order valence-corrected chi connectivity index (χ3v) is 7.16. The van der Waals surface area contributed by atoms with Crippen LogP contribution < -0.4 is 19.5 Å². The Morgan fingerprint density at radius 1 is 0.968 bits per heavy atom. The largest absolute Gasteiger partial charge is 0.448 e. The van der Waals surface area contributed by atoms with E-state index in [4.69, 9.17) is 9.47 Å². The van der Waals surface area contributed by atoms with E-state index in [1.807, 2.05) is 0 Å². The lowest BCUT2D eigenvalue weighted by Crippen LogP contribution is -2.47. The maximum atomic E-state index is 12.9. The van der Waals surface area contributed by atoms with Crippen molar-refractivity contribution in [1.29, 1.82) is 0 Å². The summed E-state index contributed by atoms with van der Waals surface area (Å²) in [6.07, 6.45) is 5.01. The SMILES string of the molecule is CC(C)[C@H](NS(=O)(=O)c1ccccc1)C(=O)Nc1ccc2c(c1)OC1(CCCCC1)O2. The minimum absolute atomic E-state index is 0.120. The van der Waals surface area contributed by atoms with Gasteiger partial charge in [0.2, 0.25) is 15.9 Å². The zero-order chi connectivity index (χ0) is 22.1. The van der Waals surface area contributed by atoms with Crippen molar-refractivity contribution in [2.24, 2.45) is 5.92 Å². The van der Waals surface area contributed by atoms with Gasteiger partial charge in [-0.25, -0.2) is 8.42 Å². The highest BCUT2D eigenvalue weighted by Crippen LogP contribution is 2.46. The molecule has 1 spiro atoms. The van der Waals surface area contributed by atoms with Gasteiger partial charge in [-0.3, -0.25) is 4.79 Å². The molecule has 2 aromatic carbocycles. The van der Waals surface area contributed by atoms with Gasteiger partial charge in [-0.05, 0) is 43.0 Å². The van der Waals surface area contributed by atoms with E-state index in [9.17, 15) is 13.2 Å². The maximum absolute atomic E-state index is 12.9. The number of nitrogens with one attached hydrogen (secondary N) is 2. The van der Waals surface area contributed by atoms with Crippen molar-refractivity contribution in [3.8, 4) is 11.5 Å². The minimum Gasteiger partial charge on any atom is -0.448 e. The lowest BCUT2D eigenvalue weighted by molar-refractivity contribution is -0.118. The molecule has 1 saturated carbocycles. The Morgan fingerprint density at radius 2 is 1.65 bits per heavy atom. The first-order valence-electron chi connectivity index (χ1n) is 10.7. The molecule has 0 bridgehead atoms. The molecule has 4 rings (SSSR count). The van der Waals surface area contributed by atoms with Gasteiger partial charge < -0.3 is 14.8 Å². The molecule has 1 amide bonds. The average Bonchev–Trinajstić information content (AvgIpc) is 3.09. The van der Waals surface area contributed by atoms with Crippen molar-refractivity contribution in [3.05, 3.63) is 48.5 Å². The van der Waals surface area contributed by atoms with E-state index in [1.54, 1.807) is 50.2 Å². The van der Waals surface area contributed by atoms with Gasteiger partial charge in [-0.1, -0.05) is 38.5 Å². The second-order valence-electron chi connectivity index (χ2n) is 8.48. The summed E-state index contributed by atoms with van der Waals surface area (Å²) < 4.78 is 40.1. The number of anilines is 1. The molecular weight excluding hydrogens is 416 g/mol. The number of benzene rings is 2. The molecule has 1 aliphatic heterocycles. The second kappa shape index (κ2) is 8.51. The number of carbonyl (C=O) groups is 1. The quantitative estimate of drug-likeness (QED) is 0.701. The molecule has 2 N–H and O–H groups in total. The summed E-state index contributed by atoms with van der Waals surface area (Å²) in [6, 6.07) is 12.4. The lowest BCUT2D eigenvalue weighted by atomic mass is 9.94. The highest BCUT2D eigenvalue weighted by Gasteiger charge is 2.42. The standard InChI is InChI=1S/C23H28N2O5S/c1-16(2)21(25-31(27,28)18-9-5-3-6-10-18)22(26)24-17-11-12-19-20(15-17)30-23(29-19)13-7-4-8-14-23/h3,5-6,9-12,15-16,21,25H,4,7-8,13-14H2,1-2H3,(H,24,26)/t21-/m0/s1. The van der Waals surface area contributed by atoms with Crippen molar-refractivity contribution in [3.63, 3.8) is 0 Å². The molecule has 1 aliphatic carbocycles. The zero-order valence-electron chi connectivity index (χ0n) is 17.8. The molecule has 31 heavy (non-hydrogen) atoms. The van der Waals surface area contributed by atoms with Gasteiger partial charge in [-0.2, -0.15) is 4.72 Å². The van der Waals surface area contributed by atoms with Gasteiger partial charge in [-0.15, -0.1) is 0 Å². The van der Waals surface area contributed by atoms with E-state index in [-0.39, 0.29) is 10.8 Å². The van der Waals surface area contributed by atoms with E-state index < -0.39 is 27.8 Å². The molecule has 7 nitrogen and oxygen atoms in total. The van der Waals surface area contributed by atoms with Crippen LogP contribution in [-0.4, -0.2) is 26.2 Å². The number of carbonyl (C=O) groups excluding carboxylic acids is 1. The van der Waals surface area contributed by atoms with E-state index >= 15 is 0 Å². The first kappa shape index (κ1) is 21.6. The number of rotatable bonds is 6. The monoisotopic (exact) mass is 444 g/mol. The summed E-state index contributed by atoms with van der Waals surface area (Å²) in [6.45, 7) is 3.59. The van der Waals surface area contributed by atoms with E-state index in [0.717, 1.165) is 25.7 Å². The number of amides is 1. The predicted molar refractivity (Wildman–Crippen MR) is 118 cm³/mol. The van der Waals surface area contributed by atoms with Crippen LogP contribution in [0.5, 0.6) is 11.5 Å². The Balaban J connectivity index is 1.47.